The molecule has 0 spiro atoms. The molecule has 1 aromatic heterocycles. The van der Waals surface area contributed by atoms with Crippen LogP contribution in [0.2, 0.25) is 0 Å². The zero-order chi connectivity index (χ0) is 19.2. The van der Waals surface area contributed by atoms with Crippen LogP contribution in [0.5, 0.6) is 5.75 Å². The summed E-state index contributed by atoms with van der Waals surface area (Å²) in [7, 11) is 1.61. The van der Waals surface area contributed by atoms with E-state index in [9.17, 15) is 9.18 Å². The lowest BCUT2D eigenvalue weighted by Gasteiger charge is -2.22. The van der Waals surface area contributed by atoms with Gasteiger partial charge >= 0.3 is 0 Å². The monoisotopic (exact) mass is 369 g/mol. The molecule has 1 heterocycles. The number of hydrogen-bond acceptors (Lipinski definition) is 5. The molecular formula is C20H20FN3O3. The number of nitrogens with zero attached hydrogens (tertiary/aromatic N) is 3. The third-order valence-electron chi connectivity index (χ3n) is 4.00. The fourth-order valence-electron chi connectivity index (χ4n) is 2.55. The summed E-state index contributed by atoms with van der Waals surface area (Å²) in [4.78, 5) is 18.4. The van der Waals surface area contributed by atoms with Gasteiger partial charge in [-0.2, -0.15) is 4.98 Å². The highest BCUT2D eigenvalue weighted by atomic mass is 19.1. The molecule has 6 nitrogen and oxygen atoms in total. The summed E-state index contributed by atoms with van der Waals surface area (Å²) in [6.07, 6.45) is -0.403. The van der Waals surface area contributed by atoms with E-state index in [0.717, 1.165) is 5.56 Å². The van der Waals surface area contributed by atoms with E-state index in [0.29, 0.717) is 18.1 Å². The molecule has 1 atom stereocenters. The van der Waals surface area contributed by atoms with Gasteiger partial charge in [-0.05, 0) is 18.6 Å². The van der Waals surface area contributed by atoms with Crippen LogP contribution in [-0.2, 0) is 11.3 Å². The van der Waals surface area contributed by atoms with Gasteiger partial charge in [0.05, 0.1) is 6.54 Å². The van der Waals surface area contributed by atoms with Crippen molar-refractivity contribution in [2.45, 2.75) is 26.0 Å². The SMILES string of the molecule is CCC(Oc1ccccc1F)C(=O)N(C)Cc1nc(-c2ccccc2)no1. The van der Waals surface area contributed by atoms with Crippen LogP contribution in [0.4, 0.5) is 4.39 Å². The molecule has 1 amide bonds. The van der Waals surface area contributed by atoms with E-state index in [-0.39, 0.29) is 18.2 Å². The number of likely N-dealkylation sites (N-methyl/N-ethyl adjacent to an activating group) is 1. The lowest BCUT2D eigenvalue weighted by molar-refractivity contribution is -0.138. The van der Waals surface area contributed by atoms with Crippen LogP contribution in [-0.4, -0.2) is 34.1 Å². The number of benzene rings is 2. The van der Waals surface area contributed by atoms with Crippen LogP contribution >= 0.6 is 0 Å². The highest BCUT2D eigenvalue weighted by molar-refractivity contribution is 5.80. The summed E-state index contributed by atoms with van der Waals surface area (Å²) >= 11 is 0. The van der Waals surface area contributed by atoms with E-state index < -0.39 is 11.9 Å². The summed E-state index contributed by atoms with van der Waals surface area (Å²) < 4.78 is 24.6. The molecule has 0 aliphatic heterocycles. The fourth-order valence-corrected chi connectivity index (χ4v) is 2.55. The first-order valence-corrected chi connectivity index (χ1v) is 8.62. The Morgan fingerprint density at radius 2 is 1.89 bits per heavy atom. The highest BCUT2D eigenvalue weighted by Crippen LogP contribution is 2.20. The summed E-state index contributed by atoms with van der Waals surface area (Å²) in [6.45, 7) is 1.94. The predicted molar refractivity (Wildman–Crippen MR) is 97.3 cm³/mol. The first-order valence-electron chi connectivity index (χ1n) is 8.62. The molecule has 0 radical (unpaired) electrons. The molecule has 2 aromatic carbocycles. The molecule has 0 saturated heterocycles. The van der Waals surface area contributed by atoms with Crippen LogP contribution in [0, 0.1) is 5.82 Å². The molecule has 3 aromatic rings. The molecule has 140 valence electrons. The Hall–Kier alpha value is -3.22. The van der Waals surface area contributed by atoms with Gasteiger partial charge in [0.1, 0.15) is 0 Å². The first kappa shape index (κ1) is 18.6. The van der Waals surface area contributed by atoms with Crippen molar-refractivity contribution in [1.29, 1.82) is 0 Å². The molecule has 1 unspecified atom stereocenters. The van der Waals surface area contributed by atoms with Gasteiger partial charge in [0.2, 0.25) is 11.7 Å². The van der Waals surface area contributed by atoms with Crippen molar-refractivity contribution in [3.8, 4) is 17.1 Å². The lowest BCUT2D eigenvalue weighted by atomic mass is 10.2. The second kappa shape index (κ2) is 8.44. The Balaban J connectivity index is 1.66. The third kappa shape index (κ3) is 4.49. The zero-order valence-electron chi connectivity index (χ0n) is 15.1. The number of ether oxygens (including phenoxy) is 1. The molecule has 0 aliphatic rings. The van der Waals surface area contributed by atoms with Gasteiger partial charge in [-0.3, -0.25) is 4.79 Å². The van der Waals surface area contributed by atoms with Crippen LogP contribution in [0.25, 0.3) is 11.4 Å². The normalized spacial score (nSPS) is 11.8. The summed E-state index contributed by atoms with van der Waals surface area (Å²) in [5.74, 6) is 0.0258. The second-order valence-corrected chi connectivity index (χ2v) is 6.02. The van der Waals surface area contributed by atoms with Crippen molar-refractivity contribution < 1.29 is 18.4 Å². The van der Waals surface area contributed by atoms with Gasteiger partial charge in [-0.15, -0.1) is 0 Å². The van der Waals surface area contributed by atoms with Crippen molar-refractivity contribution >= 4 is 5.91 Å². The Morgan fingerprint density at radius 3 is 2.59 bits per heavy atom. The summed E-state index contributed by atoms with van der Waals surface area (Å²) in [5.41, 5.74) is 0.829. The van der Waals surface area contributed by atoms with E-state index in [4.69, 9.17) is 9.26 Å². The number of carbonyl (C=O) groups is 1. The number of para-hydroxylation sites is 1. The number of aromatic nitrogens is 2. The molecule has 0 fully saturated rings. The minimum Gasteiger partial charge on any atom is -0.478 e. The molecule has 27 heavy (non-hydrogen) atoms. The highest BCUT2D eigenvalue weighted by Gasteiger charge is 2.24. The quantitative estimate of drug-likeness (QED) is 0.635. The molecule has 0 bridgehead atoms. The average molecular weight is 369 g/mol. The number of halogens is 1. The van der Waals surface area contributed by atoms with Crippen LogP contribution in [0.15, 0.2) is 59.1 Å². The maximum atomic E-state index is 13.8. The van der Waals surface area contributed by atoms with Gasteiger partial charge in [-0.25, -0.2) is 4.39 Å². The molecule has 0 N–H and O–H groups in total. The van der Waals surface area contributed by atoms with Crippen molar-refractivity contribution in [3.63, 3.8) is 0 Å². The van der Waals surface area contributed by atoms with Crippen LogP contribution in [0.1, 0.15) is 19.2 Å². The Kier molecular flexibility index (Phi) is 5.80. The van der Waals surface area contributed by atoms with Gasteiger partial charge < -0.3 is 14.2 Å². The molecule has 3 rings (SSSR count). The Morgan fingerprint density at radius 1 is 1.19 bits per heavy atom. The van der Waals surface area contributed by atoms with Crippen molar-refractivity contribution in [2.24, 2.45) is 0 Å². The smallest absolute Gasteiger partial charge is 0.263 e. The molecule has 7 heteroatoms. The second-order valence-electron chi connectivity index (χ2n) is 6.02. The number of amides is 1. The standard InChI is InChI=1S/C20H20FN3O3/c1-3-16(26-17-12-8-7-11-15(17)21)20(25)24(2)13-18-22-19(23-27-18)14-9-5-4-6-10-14/h4-12,16H,3,13H2,1-2H3. The predicted octanol–water partition coefficient (Wildman–Crippen LogP) is 3.69. The minimum absolute atomic E-state index is 0.0512. The maximum absolute atomic E-state index is 13.8. The molecular weight excluding hydrogens is 349 g/mol. The van der Waals surface area contributed by atoms with E-state index in [1.165, 1.54) is 17.0 Å². The zero-order valence-corrected chi connectivity index (χ0v) is 15.1. The minimum atomic E-state index is -0.802. The van der Waals surface area contributed by atoms with E-state index in [2.05, 4.69) is 10.1 Å². The van der Waals surface area contributed by atoms with Crippen LogP contribution in [0.3, 0.4) is 0 Å². The summed E-state index contributed by atoms with van der Waals surface area (Å²) in [5, 5.41) is 3.94. The molecule has 0 aliphatic carbocycles. The summed E-state index contributed by atoms with van der Waals surface area (Å²) in [6, 6.07) is 15.4. The van der Waals surface area contributed by atoms with Gasteiger partial charge in [0.15, 0.2) is 17.7 Å². The van der Waals surface area contributed by atoms with Gasteiger partial charge in [0, 0.05) is 12.6 Å². The third-order valence-corrected chi connectivity index (χ3v) is 4.00. The molecule has 0 saturated carbocycles. The number of hydrogen-bond donors (Lipinski definition) is 0. The van der Waals surface area contributed by atoms with Gasteiger partial charge in [-0.1, -0.05) is 54.5 Å². The topological polar surface area (TPSA) is 68.5 Å². The van der Waals surface area contributed by atoms with Crippen molar-refractivity contribution in [2.75, 3.05) is 7.05 Å². The Bertz CT molecular complexity index is 898. The van der Waals surface area contributed by atoms with Crippen molar-refractivity contribution in [1.82, 2.24) is 15.0 Å². The maximum Gasteiger partial charge on any atom is 0.263 e. The van der Waals surface area contributed by atoms with Crippen molar-refractivity contribution in [3.05, 3.63) is 66.3 Å². The Labute approximate surface area is 156 Å². The largest absolute Gasteiger partial charge is 0.478 e. The van der Waals surface area contributed by atoms with Crippen LogP contribution < -0.4 is 4.74 Å². The lowest BCUT2D eigenvalue weighted by Crippen LogP contribution is -2.39. The van der Waals surface area contributed by atoms with E-state index in [1.807, 2.05) is 30.3 Å². The number of rotatable bonds is 7. The van der Waals surface area contributed by atoms with E-state index in [1.54, 1.807) is 26.1 Å². The first-order chi connectivity index (χ1) is 13.1. The average Bonchev–Trinajstić information content (AvgIpc) is 3.16. The van der Waals surface area contributed by atoms with E-state index >= 15 is 0 Å². The number of carbonyl (C=O) groups excluding carboxylic acids is 1. The fraction of sp³-hybridized carbons (Fsp3) is 0.250. The van der Waals surface area contributed by atoms with Gasteiger partial charge in [0.25, 0.3) is 5.91 Å².